The molecule has 140 valence electrons. The minimum Gasteiger partial charge on any atom is -0.348 e. The fourth-order valence-electron chi connectivity index (χ4n) is 4.34. The van der Waals surface area contributed by atoms with E-state index in [9.17, 15) is 4.79 Å². The van der Waals surface area contributed by atoms with Gasteiger partial charge in [0.1, 0.15) is 0 Å². The number of aromatic nitrogens is 1. The third kappa shape index (κ3) is 4.47. The van der Waals surface area contributed by atoms with E-state index in [4.69, 9.17) is 0 Å². The van der Waals surface area contributed by atoms with Crippen molar-refractivity contribution < 1.29 is 4.79 Å². The number of pyridine rings is 1. The van der Waals surface area contributed by atoms with E-state index in [1.165, 1.54) is 18.4 Å². The zero-order valence-electron chi connectivity index (χ0n) is 15.2. The van der Waals surface area contributed by atoms with Crippen LogP contribution in [0, 0.1) is 5.92 Å². The highest BCUT2D eigenvalue weighted by molar-refractivity contribution is 9.10. The molecule has 27 heavy (non-hydrogen) atoms. The Kier molecular flexibility index (Phi) is 5.69. The van der Waals surface area contributed by atoms with Crippen molar-refractivity contribution in [2.45, 2.75) is 31.3 Å². The Labute approximate surface area is 168 Å². The van der Waals surface area contributed by atoms with Crippen molar-refractivity contribution in [3.8, 4) is 0 Å². The van der Waals surface area contributed by atoms with Crippen LogP contribution in [0.1, 0.15) is 24.0 Å². The van der Waals surface area contributed by atoms with Gasteiger partial charge < -0.3 is 5.32 Å². The van der Waals surface area contributed by atoms with Crippen molar-refractivity contribution in [1.29, 1.82) is 0 Å². The van der Waals surface area contributed by atoms with Gasteiger partial charge in [0.15, 0.2) is 0 Å². The van der Waals surface area contributed by atoms with E-state index in [0.717, 1.165) is 29.5 Å². The first kappa shape index (κ1) is 18.4. The van der Waals surface area contributed by atoms with Gasteiger partial charge in [-0.3, -0.25) is 14.7 Å². The zero-order chi connectivity index (χ0) is 18.6. The largest absolute Gasteiger partial charge is 0.348 e. The van der Waals surface area contributed by atoms with Crippen LogP contribution in [-0.2, 0) is 11.2 Å². The van der Waals surface area contributed by atoms with Gasteiger partial charge in [-0.2, -0.15) is 0 Å². The van der Waals surface area contributed by atoms with Crippen molar-refractivity contribution in [3.05, 3.63) is 70.5 Å². The van der Waals surface area contributed by atoms with Crippen LogP contribution < -0.4 is 5.32 Å². The summed E-state index contributed by atoms with van der Waals surface area (Å²) in [6, 6.07) is 12.6. The van der Waals surface area contributed by atoms with E-state index in [1.807, 2.05) is 48.8 Å². The summed E-state index contributed by atoms with van der Waals surface area (Å²) in [6.45, 7) is 2.27. The molecule has 3 aliphatic rings. The second-order valence-corrected chi connectivity index (χ2v) is 8.34. The first-order valence-corrected chi connectivity index (χ1v) is 10.4. The molecule has 3 fully saturated rings. The first-order valence-electron chi connectivity index (χ1n) is 9.56. The second kappa shape index (κ2) is 8.36. The summed E-state index contributed by atoms with van der Waals surface area (Å²) < 4.78 is 1.04. The number of amides is 1. The van der Waals surface area contributed by atoms with E-state index in [-0.39, 0.29) is 11.9 Å². The lowest BCUT2D eigenvalue weighted by atomic mass is 9.77. The van der Waals surface area contributed by atoms with Crippen LogP contribution in [0.15, 0.2) is 59.3 Å². The van der Waals surface area contributed by atoms with Crippen LogP contribution in [0.5, 0.6) is 0 Å². The lowest BCUT2D eigenvalue weighted by Gasteiger charge is -2.51. The molecule has 0 aliphatic carbocycles. The Morgan fingerprint density at radius 2 is 2.00 bits per heavy atom. The molecule has 0 unspecified atom stereocenters. The highest BCUT2D eigenvalue weighted by Crippen LogP contribution is 2.34. The molecular formula is C22H24BrN3O. The Morgan fingerprint density at radius 3 is 2.70 bits per heavy atom. The molecule has 1 aromatic carbocycles. The summed E-state index contributed by atoms with van der Waals surface area (Å²) in [5.41, 5.74) is 2.26. The van der Waals surface area contributed by atoms with Crippen LogP contribution in [0.25, 0.3) is 6.08 Å². The van der Waals surface area contributed by atoms with Crippen molar-refractivity contribution in [2.24, 2.45) is 5.92 Å². The number of carbonyl (C=O) groups excluding carboxylic acids is 1. The molecule has 4 nitrogen and oxygen atoms in total. The molecule has 5 heteroatoms. The molecule has 5 rings (SSSR count). The molecular weight excluding hydrogens is 402 g/mol. The van der Waals surface area contributed by atoms with Crippen molar-refractivity contribution in [3.63, 3.8) is 0 Å². The van der Waals surface area contributed by atoms with E-state index in [1.54, 1.807) is 6.08 Å². The molecule has 1 amide bonds. The van der Waals surface area contributed by atoms with Crippen molar-refractivity contribution in [1.82, 2.24) is 15.2 Å². The molecule has 2 aromatic rings. The highest BCUT2D eigenvalue weighted by Gasteiger charge is 2.42. The topological polar surface area (TPSA) is 45.2 Å². The van der Waals surface area contributed by atoms with Crippen LogP contribution in [-0.4, -0.2) is 41.0 Å². The number of hydrogen-bond donors (Lipinski definition) is 1. The maximum absolute atomic E-state index is 12.6. The zero-order valence-corrected chi connectivity index (χ0v) is 16.8. The third-order valence-electron chi connectivity index (χ3n) is 5.74. The van der Waals surface area contributed by atoms with Gasteiger partial charge in [-0.25, -0.2) is 0 Å². The molecule has 1 N–H and O–H groups in total. The smallest absolute Gasteiger partial charge is 0.244 e. The normalized spacial score (nSPS) is 27.0. The molecule has 2 atom stereocenters. The molecule has 2 bridgehead atoms. The van der Waals surface area contributed by atoms with Crippen molar-refractivity contribution >= 4 is 27.9 Å². The highest BCUT2D eigenvalue weighted by atomic mass is 79.9. The standard InChI is InChI=1S/C22H24BrN3O/c23-19-6-3-16(4-7-19)5-8-21(27)25-22-18-9-12-26(13-10-18)20(22)14-17-2-1-11-24-15-17/h1-8,11,15,18,20,22H,9-10,12-14H2,(H,25,27)/b8-5+/t20-,22+/m0/s1. The number of benzene rings is 1. The number of carbonyl (C=O) groups is 1. The lowest BCUT2D eigenvalue weighted by molar-refractivity contribution is -0.119. The molecule has 0 spiro atoms. The van der Waals surface area contributed by atoms with Crippen LogP contribution in [0.2, 0.25) is 0 Å². The quantitative estimate of drug-likeness (QED) is 0.743. The van der Waals surface area contributed by atoms with Crippen LogP contribution >= 0.6 is 15.9 Å². The summed E-state index contributed by atoms with van der Waals surface area (Å²) in [6.07, 6.45) is 10.6. The van der Waals surface area contributed by atoms with Gasteiger partial charge in [-0.15, -0.1) is 0 Å². The maximum atomic E-state index is 12.6. The average molecular weight is 426 g/mol. The van der Waals surface area contributed by atoms with E-state index in [2.05, 4.69) is 37.2 Å². The minimum atomic E-state index is -0.00662. The molecule has 4 heterocycles. The number of piperidine rings is 3. The summed E-state index contributed by atoms with van der Waals surface area (Å²) in [7, 11) is 0. The Balaban J connectivity index is 1.44. The predicted molar refractivity (Wildman–Crippen MR) is 111 cm³/mol. The molecule has 0 radical (unpaired) electrons. The Bertz CT molecular complexity index is 798. The number of nitrogens with zero attached hydrogens (tertiary/aromatic N) is 2. The number of hydrogen-bond acceptors (Lipinski definition) is 3. The van der Waals surface area contributed by atoms with E-state index >= 15 is 0 Å². The lowest BCUT2D eigenvalue weighted by Crippen LogP contribution is -2.64. The molecule has 1 aromatic heterocycles. The number of nitrogens with one attached hydrogen (secondary N) is 1. The summed E-state index contributed by atoms with van der Waals surface area (Å²) in [5.74, 6) is 0.564. The number of fused-ring (bicyclic) bond motifs is 3. The van der Waals surface area contributed by atoms with Gasteiger partial charge in [0.25, 0.3) is 0 Å². The number of halogens is 1. The Morgan fingerprint density at radius 1 is 1.22 bits per heavy atom. The minimum absolute atomic E-state index is 0.00662. The average Bonchev–Trinajstić information content (AvgIpc) is 2.71. The second-order valence-electron chi connectivity index (χ2n) is 7.43. The van der Waals surface area contributed by atoms with Gasteiger partial charge in [-0.05, 0) is 73.7 Å². The summed E-state index contributed by atoms with van der Waals surface area (Å²) >= 11 is 3.43. The first-order chi connectivity index (χ1) is 13.2. The van der Waals surface area contributed by atoms with Crippen molar-refractivity contribution in [2.75, 3.05) is 13.1 Å². The fraction of sp³-hybridized carbons (Fsp3) is 0.364. The molecule has 3 saturated heterocycles. The summed E-state index contributed by atoms with van der Waals surface area (Å²) in [4.78, 5) is 19.4. The third-order valence-corrected chi connectivity index (χ3v) is 6.27. The monoisotopic (exact) mass is 425 g/mol. The van der Waals surface area contributed by atoms with E-state index in [0.29, 0.717) is 12.0 Å². The van der Waals surface area contributed by atoms with Gasteiger partial charge in [-0.1, -0.05) is 34.1 Å². The fourth-order valence-corrected chi connectivity index (χ4v) is 4.60. The number of rotatable bonds is 5. The Hall–Kier alpha value is -1.98. The predicted octanol–water partition coefficient (Wildman–Crippen LogP) is 3.68. The van der Waals surface area contributed by atoms with Gasteiger partial charge in [0, 0.05) is 35.0 Å². The van der Waals surface area contributed by atoms with Gasteiger partial charge >= 0.3 is 0 Å². The SMILES string of the molecule is O=C(/C=C/c1ccc(Br)cc1)N[C@@H]1C2CCN(CC2)[C@H]1Cc1cccnc1. The molecule has 3 aliphatic heterocycles. The van der Waals surface area contributed by atoms with Gasteiger partial charge in [0.05, 0.1) is 0 Å². The van der Waals surface area contributed by atoms with Crippen LogP contribution in [0.4, 0.5) is 0 Å². The maximum Gasteiger partial charge on any atom is 0.244 e. The van der Waals surface area contributed by atoms with Gasteiger partial charge in [0.2, 0.25) is 5.91 Å². The van der Waals surface area contributed by atoms with Crippen LogP contribution in [0.3, 0.4) is 0 Å². The molecule has 0 saturated carbocycles. The summed E-state index contributed by atoms with van der Waals surface area (Å²) in [5, 5.41) is 3.31. The van der Waals surface area contributed by atoms with E-state index < -0.39 is 0 Å².